The van der Waals surface area contributed by atoms with Crippen molar-refractivity contribution in [2.45, 2.75) is 61.3 Å². The number of hydrogen-bond donors (Lipinski definition) is 1. The molecular weight excluding hydrogens is 448 g/mol. The second kappa shape index (κ2) is 9.67. The molecule has 1 aromatic heterocycles. The lowest BCUT2D eigenvalue weighted by Gasteiger charge is -2.26. The third-order valence-corrected chi connectivity index (χ3v) is 7.87. The van der Waals surface area contributed by atoms with Gasteiger partial charge in [0.1, 0.15) is 0 Å². The molecule has 1 aromatic carbocycles. The van der Waals surface area contributed by atoms with Crippen LogP contribution in [0.25, 0.3) is 0 Å². The van der Waals surface area contributed by atoms with Crippen molar-refractivity contribution in [2.24, 2.45) is 0 Å². The molecule has 0 saturated carbocycles. The molecule has 11 heteroatoms. The molecule has 1 saturated heterocycles. The van der Waals surface area contributed by atoms with E-state index >= 15 is 0 Å². The SMILES string of the molecule is CC(C)c1nnc(S[C@@H](C)C(=O)Nc2cc(S(=O)(=O)N3CCCCC3)ccc2Cl)o1. The third kappa shape index (κ3) is 5.35. The number of sulfonamides is 1. The van der Waals surface area contributed by atoms with Crippen LogP contribution in [0.15, 0.2) is 32.7 Å². The summed E-state index contributed by atoms with van der Waals surface area (Å²) in [5, 5.41) is 10.6. The number of aromatic nitrogens is 2. The number of thioether (sulfide) groups is 1. The Bertz CT molecular complexity index is 1000. The number of rotatable bonds is 7. The van der Waals surface area contributed by atoms with Gasteiger partial charge in [-0.2, -0.15) is 4.31 Å². The van der Waals surface area contributed by atoms with Crippen molar-refractivity contribution in [3.8, 4) is 0 Å². The summed E-state index contributed by atoms with van der Waals surface area (Å²) in [6, 6.07) is 4.36. The van der Waals surface area contributed by atoms with E-state index in [0.717, 1.165) is 31.0 Å². The molecule has 1 aliphatic rings. The van der Waals surface area contributed by atoms with Gasteiger partial charge in [-0.05, 0) is 38.0 Å². The number of benzene rings is 1. The van der Waals surface area contributed by atoms with E-state index in [1.807, 2.05) is 13.8 Å². The van der Waals surface area contributed by atoms with E-state index in [0.29, 0.717) is 24.2 Å². The van der Waals surface area contributed by atoms with Gasteiger partial charge in [0.25, 0.3) is 5.22 Å². The first-order valence-corrected chi connectivity index (χ1v) is 12.5. The summed E-state index contributed by atoms with van der Waals surface area (Å²) in [6.07, 6.45) is 2.72. The highest BCUT2D eigenvalue weighted by Crippen LogP contribution is 2.30. The fraction of sp³-hybridized carbons (Fsp3) is 0.526. The van der Waals surface area contributed by atoms with Crippen molar-refractivity contribution >= 4 is 45.0 Å². The molecule has 0 unspecified atom stereocenters. The Morgan fingerprint density at radius 1 is 1.20 bits per heavy atom. The number of halogens is 1. The van der Waals surface area contributed by atoms with E-state index < -0.39 is 15.3 Å². The van der Waals surface area contributed by atoms with Gasteiger partial charge in [0, 0.05) is 19.0 Å². The molecule has 3 rings (SSSR count). The Hall–Kier alpha value is -1.62. The molecule has 164 valence electrons. The summed E-state index contributed by atoms with van der Waals surface area (Å²) >= 11 is 7.33. The van der Waals surface area contributed by atoms with E-state index in [4.69, 9.17) is 16.0 Å². The number of hydrogen-bond acceptors (Lipinski definition) is 7. The standard InChI is InChI=1S/C19H25ClN4O4S2/c1-12(2)18-22-23-19(28-18)29-13(3)17(25)21-16-11-14(7-8-15(16)20)30(26,27)24-9-5-4-6-10-24/h7-8,11-13H,4-6,9-10H2,1-3H3,(H,21,25)/t13-/m0/s1. The summed E-state index contributed by atoms with van der Waals surface area (Å²) < 4.78 is 32.8. The second-order valence-electron chi connectivity index (χ2n) is 7.42. The third-order valence-electron chi connectivity index (χ3n) is 4.71. The van der Waals surface area contributed by atoms with Gasteiger partial charge in [-0.1, -0.05) is 43.6 Å². The van der Waals surface area contributed by atoms with Crippen molar-refractivity contribution in [1.82, 2.24) is 14.5 Å². The highest BCUT2D eigenvalue weighted by molar-refractivity contribution is 8.00. The minimum atomic E-state index is -3.63. The lowest BCUT2D eigenvalue weighted by atomic mass is 10.2. The summed E-state index contributed by atoms with van der Waals surface area (Å²) in [5.74, 6) is 0.252. The van der Waals surface area contributed by atoms with Crippen molar-refractivity contribution < 1.29 is 17.6 Å². The zero-order chi connectivity index (χ0) is 21.9. The molecule has 8 nitrogen and oxygen atoms in total. The van der Waals surface area contributed by atoms with Crippen LogP contribution in [0.2, 0.25) is 5.02 Å². The predicted octanol–water partition coefficient (Wildman–Crippen LogP) is 4.14. The maximum atomic E-state index is 12.9. The molecule has 0 bridgehead atoms. The van der Waals surface area contributed by atoms with Crippen molar-refractivity contribution in [1.29, 1.82) is 0 Å². The van der Waals surface area contributed by atoms with Crippen molar-refractivity contribution in [3.63, 3.8) is 0 Å². The van der Waals surface area contributed by atoms with Crippen LogP contribution in [0.3, 0.4) is 0 Å². The van der Waals surface area contributed by atoms with Crippen molar-refractivity contribution in [2.75, 3.05) is 18.4 Å². The van der Waals surface area contributed by atoms with Crippen LogP contribution in [0.1, 0.15) is 51.8 Å². The van der Waals surface area contributed by atoms with Crippen molar-refractivity contribution in [3.05, 3.63) is 29.1 Å². The molecule has 1 N–H and O–H groups in total. The zero-order valence-corrected chi connectivity index (χ0v) is 19.5. The van der Waals surface area contributed by atoms with Gasteiger partial charge < -0.3 is 9.73 Å². The number of anilines is 1. The monoisotopic (exact) mass is 472 g/mol. The number of amides is 1. The minimum Gasteiger partial charge on any atom is -0.416 e. The highest BCUT2D eigenvalue weighted by atomic mass is 35.5. The molecule has 1 fully saturated rings. The second-order valence-corrected chi connectivity index (χ2v) is 11.1. The molecule has 2 aromatic rings. The van der Waals surface area contributed by atoms with Gasteiger partial charge in [0.15, 0.2) is 0 Å². The van der Waals surface area contributed by atoms with Gasteiger partial charge in [0.05, 0.1) is 20.9 Å². The smallest absolute Gasteiger partial charge is 0.277 e. The van der Waals surface area contributed by atoms with Gasteiger partial charge in [0.2, 0.25) is 21.8 Å². The summed E-state index contributed by atoms with van der Waals surface area (Å²) in [7, 11) is -3.63. The zero-order valence-electron chi connectivity index (χ0n) is 17.1. The molecule has 0 radical (unpaired) electrons. The quantitative estimate of drug-likeness (QED) is 0.603. The van der Waals surface area contributed by atoms with E-state index in [-0.39, 0.29) is 27.4 Å². The normalized spacial score (nSPS) is 16.6. The fourth-order valence-electron chi connectivity index (χ4n) is 2.96. The maximum Gasteiger partial charge on any atom is 0.277 e. The first-order valence-electron chi connectivity index (χ1n) is 9.79. The van der Waals surface area contributed by atoms with Gasteiger partial charge in [-0.3, -0.25) is 4.79 Å². The Kier molecular flexibility index (Phi) is 7.43. The fourth-order valence-corrected chi connectivity index (χ4v) is 5.35. The molecular formula is C19H25ClN4O4S2. The Balaban J connectivity index is 1.72. The topological polar surface area (TPSA) is 105 Å². The highest BCUT2D eigenvalue weighted by Gasteiger charge is 2.27. The number of carbonyl (C=O) groups is 1. The number of nitrogens with zero attached hydrogens (tertiary/aromatic N) is 3. The minimum absolute atomic E-state index is 0.0966. The van der Waals surface area contributed by atoms with Crippen LogP contribution in [0, 0.1) is 0 Å². The van der Waals surface area contributed by atoms with Crippen LogP contribution in [0.5, 0.6) is 0 Å². The molecule has 1 aliphatic heterocycles. The predicted molar refractivity (Wildman–Crippen MR) is 116 cm³/mol. The van der Waals surface area contributed by atoms with E-state index in [1.165, 1.54) is 22.5 Å². The van der Waals surface area contributed by atoms with E-state index in [2.05, 4.69) is 15.5 Å². The maximum absolute atomic E-state index is 12.9. The van der Waals surface area contributed by atoms with E-state index in [9.17, 15) is 13.2 Å². The first kappa shape index (κ1) is 23.1. The lowest BCUT2D eigenvalue weighted by Crippen LogP contribution is -2.35. The average molecular weight is 473 g/mol. The number of piperidine rings is 1. The van der Waals surface area contributed by atoms with Gasteiger partial charge >= 0.3 is 0 Å². The molecule has 1 atom stereocenters. The number of carbonyl (C=O) groups excluding carboxylic acids is 1. The average Bonchev–Trinajstić information content (AvgIpc) is 3.19. The molecule has 0 spiro atoms. The molecule has 30 heavy (non-hydrogen) atoms. The largest absolute Gasteiger partial charge is 0.416 e. The summed E-state index contributed by atoms with van der Waals surface area (Å²) in [4.78, 5) is 12.7. The summed E-state index contributed by atoms with van der Waals surface area (Å²) in [5.41, 5.74) is 0.251. The first-order chi connectivity index (χ1) is 14.2. The van der Waals surface area contributed by atoms with Gasteiger partial charge in [-0.15, -0.1) is 10.2 Å². The van der Waals surface area contributed by atoms with E-state index in [1.54, 1.807) is 6.92 Å². The Morgan fingerprint density at radius 2 is 1.90 bits per heavy atom. The van der Waals surface area contributed by atoms with Crippen LogP contribution in [-0.2, 0) is 14.8 Å². The molecule has 2 heterocycles. The molecule has 0 aliphatic carbocycles. The van der Waals surface area contributed by atoms with Crippen LogP contribution >= 0.6 is 23.4 Å². The number of nitrogens with one attached hydrogen (secondary N) is 1. The lowest BCUT2D eigenvalue weighted by molar-refractivity contribution is -0.115. The van der Waals surface area contributed by atoms with Crippen LogP contribution < -0.4 is 5.32 Å². The van der Waals surface area contributed by atoms with Crippen LogP contribution in [-0.4, -0.2) is 47.2 Å². The van der Waals surface area contributed by atoms with Gasteiger partial charge in [-0.25, -0.2) is 8.42 Å². The Labute approximate surface area is 185 Å². The summed E-state index contributed by atoms with van der Waals surface area (Å²) in [6.45, 7) is 6.57. The Morgan fingerprint density at radius 3 is 2.53 bits per heavy atom. The van der Waals surface area contributed by atoms with Crippen LogP contribution in [0.4, 0.5) is 5.69 Å². The molecule has 1 amide bonds.